The van der Waals surface area contributed by atoms with Crippen molar-refractivity contribution in [1.29, 1.82) is 0 Å². The molecule has 108 valence electrons. The first-order valence-corrected chi connectivity index (χ1v) is 8.17. The highest BCUT2D eigenvalue weighted by Crippen LogP contribution is 2.32. The van der Waals surface area contributed by atoms with Gasteiger partial charge in [-0.2, -0.15) is 16.4 Å². The van der Waals surface area contributed by atoms with E-state index in [1.54, 1.807) is 11.3 Å². The number of hydrogen-bond acceptors (Lipinski definition) is 4. The number of nitrogens with zero attached hydrogens (tertiary/aromatic N) is 2. The van der Waals surface area contributed by atoms with E-state index in [-0.39, 0.29) is 6.61 Å². The lowest BCUT2D eigenvalue weighted by molar-refractivity contribution is 0.266. The highest BCUT2D eigenvalue weighted by atomic mass is 32.1. The minimum absolute atomic E-state index is 0.150. The fraction of sp³-hybridized carbons (Fsp3) is 0.533. The maximum absolute atomic E-state index is 9.10. The molecule has 0 spiro atoms. The van der Waals surface area contributed by atoms with Crippen molar-refractivity contribution in [2.45, 2.75) is 44.8 Å². The van der Waals surface area contributed by atoms with Gasteiger partial charge in [-0.05, 0) is 48.6 Å². The average Bonchev–Trinajstić information content (AvgIpc) is 3.09. The Labute approximate surface area is 123 Å². The molecule has 0 aliphatic heterocycles. The molecule has 5 heteroatoms. The first kappa shape index (κ1) is 13.8. The Balaban J connectivity index is 1.76. The summed E-state index contributed by atoms with van der Waals surface area (Å²) in [6, 6.07) is 2.92. The number of fused-ring (bicyclic) bond motifs is 1. The van der Waals surface area contributed by atoms with Crippen LogP contribution in [-0.4, -0.2) is 21.5 Å². The van der Waals surface area contributed by atoms with Gasteiger partial charge < -0.3 is 10.4 Å². The molecular weight excluding hydrogens is 270 g/mol. The highest BCUT2D eigenvalue weighted by Gasteiger charge is 2.25. The lowest BCUT2D eigenvalue weighted by Gasteiger charge is -2.27. The van der Waals surface area contributed by atoms with Crippen LogP contribution in [0.1, 0.15) is 48.7 Å². The van der Waals surface area contributed by atoms with Crippen molar-refractivity contribution in [2.75, 3.05) is 6.61 Å². The van der Waals surface area contributed by atoms with Gasteiger partial charge in [0.2, 0.25) is 0 Å². The van der Waals surface area contributed by atoms with Crippen molar-refractivity contribution in [2.24, 2.45) is 0 Å². The molecule has 2 atom stereocenters. The van der Waals surface area contributed by atoms with Gasteiger partial charge in [-0.1, -0.05) is 0 Å². The second-order valence-corrected chi connectivity index (χ2v) is 6.16. The molecule has 4 nitrogen and oxygen atoms in total. The van der Waals surface area contributed by atoms with E-state index in [4.69, 9.17) is 5.11 Å². The number of aliphatic hydroxyl groups is 1. The van der Waals surface area contributed by atoms with E-state index >= 15 is 0 Å². The van der Waals surface area contributed by atoms with Crippen LogP contribution in [0, 0.1) is 0 Å². The summed E-state index contributed by atoms with van der Waals surface area (Å²) in [5.41, 5.74) is 3.96. The van der Waals surface area contributed by atoms with Crippen LogP contribution in [-0.2, 0) is 13.0 Å². The van der Waals surface area contributed by atoms with Crippen LogP contribution < -0.4 is 5.32 Å². The Hall–Kier alpha value is -1.17. The van der Waals surface area contributed by atoms with Gasteiger partial charge in [0.15, 0.2) is 0 Å². The van der Waals surface area contributed by atoms with Crippen molar-refractivity contribution < 1.29 is 5.11 Å². The van der Waals surface area contributed by atoms with Crippen LogP contribution in [0.25, 0.3) is 0 Å². The van der Waals surface area contributed by atoms with E-state index in [0.717, 1.165) is 12.8 Å². The molecule has 0 bridgehead atoms. The zero-order chi connectivity index (χ0) is 13.9. The van der Waals surface area contributed by atoms with Gasteiger partial charge >= 0.3 is 0 Å². The molecule has 0 saturated heterocycles. The zero-order valence-corrected chi connectivity index (χ0v) is 12.6. The van der Waals surface area contributed by atoms with E-state index in [9.17, 15) is 0 Å². The summed E-state index contributed by atoms with van der Waals surface area (Å²) in [7, 11) is 0. The summed E-state index contributed by atoms with van der Waals surface area (Å²) in [5, 5.41) is 21.6. The fourth-order valence-electron chi connectivity index (χ4n) is 3.00. The van der Waals surface area contributed by atoms with E-state index in [1.165, 1.54) is 23.2 Å². The van der Waals surface area contributed by atoms with Gasteiger partial charge in [0, 0.05) is 23.3 Å². The van der Waals surface area contributed by atoms with Crippen LogP contribution in [0.3, 0.4) is 0 Å². The van der Waals surface area contributed by atoms with E-state index in [0.29, 0.717) is 18.6 Å². The van der Waals surface area contributed by atoms with E-state index in [2.05, 4.69) is 34.2 Å². The van der Waals surface area contributed by atoms with E-state index in [1.807, 2.05) is 10.9 Å². The molecule has 0 saturated carbocycles. The zero-order valence-electron chi connectivity index (χ0n) is 11.7. The van der Waals surface area contributed by atoms with E-state index < -0.39 is 0 Å². The molecule has 0 radical (unpaired) electrons. The Morgan fingerprint density at radius 2 is 2.50 bits per heavy atom. The highest BCUT2D eigenvalue weighted by molar-refractivity contribution is 7.07. The van der Waals surface area contributed by atoms with Gasteiger partial charge in [0.25, 0.3) is 0 Å². The molecule has 2 N–H and O–H groups in total. The van der Waals surface area contributed by atoms with Crippen molar-refractivity contribution in [3.8, 4) is 0 Å². The Kier molecular flexibility index (Phi) is 4.19. The lowest BCUT2D eigenvalue weighted by atomic mass is 9.92. The third-order valence-corrected chi connectivity index (χ3v) is 4.77. The molecular formula is C15H21N3OS. The smallest absolute Gasteiger partial charge is 0.0644 e. The molecule has 0 amide bonds. The lowest BCUT2D eigenvalue weighted by Crippen LogP contribution is -2.27. The molecule has 0 aromatic carbocycles. The Bertz CT molecular complexity index is 549. The summed E-state index contributed by atoms with van der Waals surface area (Å²) in [4.78, 5) is 0. The normalized spacial score (nSPS) is 19.8. The topological polar surface area (TPSA) is 50.1 Å². The van der Waals surface area contributed by atoms with Crippen molar-refractivity contribution in [3.63, 3.8) is 0 Å². The number of nitrogens with one attached hydrogen (secondary N) is 1. The summed E-state index contributed by atoms with van der Waals surface area (Å²) in [6.07, 6.45) is 5.38. The van der Waals surface area contributed by atoms with Gasteiger partial charge in [-0.15, -0.1) is 0 Å². The molecule has 1 aliphatic rings. The second-order valence-electron chi connectivity index (χ2n) is 5.38. The van der Waals surface area contributed by atoms with Crippen LogP contribution >= 0.6 is 11.3 Å². The molecule has 3 rings (SSSR count). The first-order valence-electron chi connectivity index (χ1n) is 7.23. The van der Waals surface area contributed by atoms with Gasteiger partial charge in [-0.3, -0.25) is 4.68 Å². The largest absolute Gasteiger partial charge is 0.394 e. The third-order valence-electron chi connectivity index (χ3n) is 4.07. The maximum atomic E-state index is 9.10. The number of rotatable bonds is 5. The van der Waals surface area contributed by atoms with Gasteiger partial charge in [-0.25, -0.2) is 0 Å². The Morgan fingerprint density at radius 1 is 1.60 bits per heavy atom. The second kappa shape index (κ2) is 6.08. The number of hydrogen-bond donors (Lipinski definition) is 2. The van der Waals surface area contributed by atoms with Crippen LogP contribution in [0.5, 0.6) is 0 Å². The fourth-order valence-corrected chi connectivity index (χ4v) is 3.75. The monoisotopic (exact) mass is 291 g/mol. The van der Waals surface area contributed by atoms with Crippen LogP contribution in [0.15, 0.2) is 23.0 Å². The molecule has 2 unspecified atom stereocenters. The number of aromatic nitrogens is 2. The quantitative estimate of drug-likeness (QED) is 0.890. The summed E-state index contributed by atoms with van der Waals surface area (Å²) in [5.74, 6) is 0. The van der Waals surface area contributed by atoms with Gasteiger partial charge in [0.1, 0.15) is 0 Å². The molecule has 2 aromatic rings. The summed E-state index contributed by atoms with van der Waals surface area (Å²) >= 11 is 1.74. The Morgan fingerprint density at radius 3 is 3.25 bits per heavy atom. The third kappa shape index (κ3) is 2.66. The number of aliphatic hydroxyl groups excluding tert-OH is 1. The summed E-state index contributed by atoms with van der Waals surface area (Å²) < 4.78 is 1.96. The molecule has 0 fully saturated rings. The van der Waals surface area contributed by atoms with Crippen molar-refractivity contribution in [1.82, 2.24) is 15.1 Å². The SMILES string of the molecule is CC(NC1CCCc2c1cnn2CCO)c1ccsc1. The minimum Gasteiger partial charge on any atom is -0.394 e. The first-order chi connectivity index (χ1) is 9.79. The van der Waals surface area contributed by atoms with Crippen molar-refractivity contribution >= 4 is 11.3 Å². The van der Waals surface area contributed by atoms with Crippen LogP contribution in [0.4, 0.5) is 0 Å². The standard InChI is InChI=1S/C15H21N3OS/c1-11(12-5-8-20-10-12)17-14-3-2-4-15-13(14)9-16-18(15)6-7-19/h5,8-11,14,17,19H,2-4,6-7H2,1H3. The molecule has 20 heavy (non-hydrogen) atoms. The van der Waals surface area contributed by atoms with Gasteiger partial charge in [0.05, 0.1) is 19.3 Å². The predicted octanol–water partition coefficient (Wildman–Crippen LogP) is 2.67. The predicted molar refractivity (Wildman–Crippen MR) is 80.9 cm³/mol. The molecule has 1 aliphatic carbocycles. The average molecular weight is 291 g/mol. The maximum Gasteiger partial charge on any atom is 0.0644 e. The molecule has 2 aromatic heterocycles. The van der Waals surface area contributed by atoms with Crippen LogP contribution in [0.2, 0.25) is 0 Å². The molecule has 2 heterocycles. The summed E-state index contributed by atoms with van der Waals surface area (Å²) in [6.45, 7) is 2.97. The van der Waals surface area contributed by atoms with Crippen molar-refractivity contribution in [3.05, 3.63) is 39.8 Å². The minimum atomic E-state index is 0.150. The number of thiophene rings is 1.